The molecule has 0 aromatic rings. The van der Waals surface area contributed by atoms with Crippen LogP contribution in [0.15, 0.2) is 47.6 Å². The number of allylic oxidation sites excluding steroid dienone is 6. The Hall–Kier alpha value is -3.41. The Bertz CT molecular complexity index is 1810. The highest BCUT2D eigenvalue weighted by Gasteiger charge is 2.53. The van der Waals surface area contributed by atoms with Crippen LogP contribution < -0.4 is 0 Å². The fourth-order valence-electron chi connectivity index (χ4n) is 10.5. The van der Waals surface area contributed by atoms with Crippen molar-refractivity contribution in [3.05, 3.63) is 47.6 Å². The summed E-state index contributed by atoms with van der Waals surface area (Å²) in [6, 6.07) is -1.14. The summed E-state index contributed by atoms with van der Waals surface area (Å²) in [5.74, 6) is -7.96. The summed E-state index contributed by atoms with van der Waals surface area (Å²) in [5.41, 5.74) is 1.26. The first-order valence-corrected chi connectivity index (χ1v) is 25.0. The third-order valence-electron chi connectivity index (χ3n) is 14.9. The lowest BCUT2D eigenvalue weighted by Gasteiger charge is -2.42. The van der Waals surface area contributed by atoms with Gasteiger partial charge in [-0.05, 0) is 107 Å². The van der Waals surface area contributed by atoms with Gasteiger partial charge in [-0.2, -0.15) is 0 Å². The number of piperidine rings is 1. The summed E-state index contributed by atoms with van der Waals surface area (Å²) in [6.45, 7) is 12.9. The van der Waals surface area contributed by atoms with Crippen molar-refractivity contribution in [2.24, 2.45) is 35.5 Å². The van der Waals surface area contributed by atoms with Crippen LogP contribution >= 0.6 is 0 Å². The second kappa shape index (κ2) is 27.3. The van der Waals surface area contributed by atoms with Gasteiger partial charge in [0.1, 0.15) is 30.1 Å². The van der Waals surface area contributed by atoms with Crippen LogP contribution in [-0.2, 0) is 52.4 Å². The van der Waals surface area contributed by atoms with Gasteiger partial charge in [-0.3, -0.25) is 19.2 Å². The van der Waals surface area contributed by atoms with Crippen molar-refractivity contribution < 1.29 is 67.7 Å². The number of aliphatic hydroxyl groups is 3. The maximum atomic E-state index is 14.5. The van der Waals surface area contributed by atoms with Gasteiger partial charge in [0.2, 0.25) is 5.79 Å². The fourth-order valence-corrected chi connectivity index (χ4v) is 10.5. The Kier molecular flexibility index (Phi) is 22.9. The molecule has 4 rings (SSSR count). The van der Waals surface area contributed by atoms with Crippen molar-refractivity contribution in [1.29, 1.82) is 0 Å². The highest BCUT2D eigenvalue weighted by Crippen LogP contribution is 2.38. The van der Waals surface area contributed by atoms with E-state index in [1.807, 2.05) is 58.1 Å². The van der Waals surface area contributed by atoms with Gasteiger partial charge in [-0.1, -0.05) is 71.1 Å². The van der Waals surface area contributed by atoms with Crippen molar-refractivity contribution >= 4 is 29.2 Å². The quantitative estimate of drug-likeness (QED) is 0.134. The average molecular weight is 958 g/mol. The summed E-state index contributed by atoms with van der Waals surface area (Å²) in [4.78, 5) is 72.1. The number of esters is 1. The highest BCUT2D eigenvalue weighted by molar-refractivity contribution is 6.39. The molecule has 68 heavy (non-hydrogen) atoms. The molecule has 4 aliphatic rings. The van der Waals surface area contributed by atoms with E-state index in [4.69, 9.17) is 28.4 Å². The van der Waals surface area contributed by atoms with E-state index < -0.39 is 77.8 Å². The van der Waals surface area contributed by atoms with Crippen LogP contribution in [0.2, 0.25) is 0 Å². The molecule has 15 heteroatoms. The largest absolute Gasteiger partial charge is 0.460 e. The van der Waals surface area contributed by atoms with Crippen LogP contribution in [0.5, 0.6) is 0 Å². The Morgan fingerprint density at radius 3 is 2.26 bits per heavy atom. The summed E-state index contributed by atoms with van der Waals surface area (Å²) >= 11 is 0. The smallest absolute Gasteiger partial charge is 0.329 e. The molecule has 2 saturated heterocycles. The first-order valence-electron chi connectivity index (χ1n) is 25.0. The van der Waals surface area contributed by atoms with E-state index >= 15 is 0 Å². The average Bonchev–Trinajstić information content (AvgIpc) is 3.32. The van der Waals surface area contributed by atoms with Crippen molar-refractivity contribution in [3.8, 4) is 0 Å². The zero-order chi connectivity index (χ0) is 50.3. The minimum Gasteiger partial charge on any atom is -0.460 e. The zero-order valence-corrected chi connectivity index (χ0v) is 42.4. The molecule has 1 unspecified atom stereocenters. The number of Topliss-reactive ketones (excluding diaryl/α,β-unsaturated/α-hetero) is 3. The minimum absolute atomic E-state index is 0.0158. The van der Waals surface area contributed by atoms with Gasteiger partial charge < -0.3 is 48.6 Å². The maximum Gasteiger partial charge on any atom is 0.329 e. The second-order valence-electron chi connectivity index (χ2n) is 20.2. The van der Waals surface area contributed by atoms with E-state index in [-0.39, 0.29) is 74.1 Å². The standard InChI is InChI=1S/C53H83NO14/c1-32-16-12-11-13-17-33(2)44(63-8)30-40-21-19-38(7)53(62,68-40)50(59)51(60)54-23-15-14-18-41(54)52(61)67-45(35(4)28-39-20-22-43(66-25-24-55)46(29-39)64-9)31-42(56)34(3)27-37(6)48(58)49(65-10)47(57)36(5)26-32/h11-13,16-17,27,32,34-36,38-41,43-46,48-49,55,58,62H,14-15,18-26,28-31H2,1-10H3/b13-11?,16-12+,33-17?,37-27+/t32-,34-,35+,36-,38+,39+,40-,41+,43-,44+,45?,46-,48-,49+,53+/m1/s1. The number of ketones is 3. The number of cyclic esters (lactones) is 1. The van der Waals surface area contributed by atoms with Crippen LogP contribution in [0, 0.1) is 35.5 Å². The maximum absolute atomic E-state index is 14.5. The van der Waals surface area contributed by atoms with Gasteiger partial charge in [0.05, 0.1) is 37.6 Å². The molecule has 1 amide bonds. The summed E-state index contributed by atoms with van der Waals surface area (Å²) in [5, 5.41) is 32.8. The molecule has 0 aromatic heterocycles. The number of aliphatic hydroxyl groups excluding tert-OH is 2. The Balaban J connectivity index is 1.70. The lowest BCUT2D eigenvalue weighted by molar-refractivity contribution is -0.265. The number of carbonyl (C=O) groups is 5. The number of carbonyl (C=O) groups excluding carboxylic acids is 5. The summed E-state index contributed by atoms with van der Waals surface area (Å²) < 4.78 is 35.6. The number of rotatable bonds is 9. The van der Waals surface area contributed by atoms with Crippen molar-refractivity contribution in [1.82, 2.24) is 4.90 Å². The Labute approximate surface area is 405 Å². The number of methoxy groups -OCH3 is 3. The Morgan fingerprint density at radius 1 is 0.853 bits per heavy atom. The molecule has 1 saturated carbocycles. The molecule has 3 N–H and O–H groups in total. The predicted molar refractivity (Wildman–Crippen MR) is 256 cm³/mol. The van der Waals surface area contributed by atoms with Gasteiger partial charge in [0.15, 0.2) is 5.78 Å². The topological polar surface area (TPSA) is 205 Å². The SMILES string of the molecule is CO[C@H]1C[C@H]2CC[C@H](C)[C@](O)(O2)C(=O)C(=O)N2CCCC[C@H]2C(=O)OC([C@@H](C)C[C@@H]2CC[C@@H](OCCO)[C@H](OC)C2)CC(=O)[C@H](C)/C=C(\C)[C@@H](O)[C@@H](OC)C(=O)[C@H](C)C[C@H](C)/C=C/C=CC=C1C. The summed E-state index contributed by atoms with van der Waals surface area (Å²) in [6.07, 6.45) is 12.0. The number of nitrogens with zero attached hydrogens (tertiary/aromatic N) is 1. The highest BCUT2D eigenvalue weighted by atomic mass is 16.6. The molecule has 0 spiro atoms. The van der Waals surface area contributed by atoms with Gasteiger partial charge in [-0.25, -0.2) is 4.79 Å². The molecule has 2 bridgehead atoms. The molecule has 15 atom stereocenters. The molecule has 15 nitrogen and oxygen atoms in total. The molecule has 3 fully saturated rings. The van der Waals surface area contributed by atoms with Crippen molar-refractivity contribution in [2.75, 3.05) is 41.1 Å². The number of ether oxygens (including phenoxy) is 6. The normalized spacial score (nSPS) is 37.9. The zero-order valence-electron chi connectivity index (χ0n) is 42.4. The van der Waals surface area contributed by atoms with Gasteiger partial charge in [0, 0.05) is 58.5 Å². The first kappa shape index (κ1) is 57.2. The van der Waals surface area contributed by atoms with Crippen LogP contribution in [-0.4, -0.2) is 145 Å². The third kappa shape index (κ3) is 15.3. The van der Waals surface area contributed by atoms with Crippen LogP contribution in [0.4, 0.5) is 0 Å². The van der Waals surface area contributed by atoms with E-state index in [9.17, 15) is 39.3 Å². The van der Waals surface area contributed by atoms with Gasteiger partial charge >= 0.3 is 5.97 Å². The monoisotopic (exact) mass is 958 g/mol. The molecule has 3 heterocycles. The van der Waals surface area contributed by atoms with Gasteiger partial charge in [0.25, 0.3) is 11.7 Å². The lowest BCUT2D eigenvalue weighted by Crippen LogP contribution is -2.61. The molecule has 3 aliphatic heterocycles. The predicted octanol–water partition coefficient (Wildman–Crippen LogP) is 6.20. The van der Waals surface area contributed by atoms with Gasteiger partial charge in [-0.15, -0.1) is 0 Å². The summed E-state index contributed by atoms with van der Waals surface area (Å²) in [7, 11) is 4.58. The number of hydrogen-bond donors (Lipinski definition) is 3. The first-order chi connectivity index (χ1) is 32.3. The number of fused-ring (bicyclic) bond motifs is 3. The van der Waals surface area contributed by atoms with Crippen molar-refractivity contribution in [3.63, 3.8) is 0 Å². The molecule has 384 valence electrons. The van der Waals surface area contributed by atoms with E-state index in [1.165, 1.54) is 12.0 Å². The number of hydrogen-bond acceptors (Lipinski definition) is 14. The van der Waals surface area contributed by atoms with Crippen LogP contribution in [0.25, 0.3) is 0 Å². The second-order valence-corrected chi connectivity index (χ2v) is 20.2. The fraction of sp³-hybridized carbons (Fsp3) is 0.755. The minimum atomic E-state index is -2.43. The van der Waals surface area contributed by atoms with E-state index in [0.29, 0.717) is 63.4 Å². The van der Waals surface area contributed by atoms with E-state index in [0.717, 1.165) is 12.0 Å². The molecule has 1 aliphatic carbocycles. The van der Waals surface area contributed by atoms with E-state index in [2.05, 4.69) is 0 Å². The van der Waals surface area contributed by atoms with Crippen molar-refractivity contribution in [2.45, 2.75) is 180 Å². The van der Waals surface area contributed by atoms with Crippen LogP contribution in [0.1, 0.15) is 126 Å². The molecular weight excluding hydrogens is 875 g/mol. The van der Waals surface area contributed by atoms with E-state index in [1.54, 1.807) is 41.1 Å². The van der Waals surface area contributed by atoms with Crippen LogP contribution in [0.3, 0.4) is 0 Å². The lowest BCUT2D eigenvalue weighted by atomic mass is 9.78. The molecular formula is C53H83NO14. The number of amides is 1. The molecule has 0 radical (unpaired) electrons. The third-order valence-corrected chi connectivity index (χ3v) is 14.9. The molecule has 0 aromatic carbocycles. The Morgan fingerprint density at radius 2 is 1.59 bits per heavy atom.